The summed E-state index contributed by atoms with van der Waals surface area (Å²) < 4.78 is 25.3. The van der Waals surface area contributed by atoms with Crippen molar-refractivity contribution >= 4 is 29.1 Å². The van der Waals surface area contributed by atoms with E-state index in [9.17, 15) is 4.79 Å². The molecule has 0 spiro atoms. The lowest BCUT2D eigenvalue weighted by Gasteiger charge is -2.36. The summed E-state index contributed by atoms with van der Waals surface area (Å²) in [6, 6.07) is 13.2. The molecule has 0 unspecified atom stereocenters. The average Bonchev–Trinajstić information content (AvgIpc) is 2.86. The van der Waals surface area contributed by atoms with Crippen molar-refractivity contribution in [3.8, 4) is 5.75 Å². The second kappa shape index (κ2) is 10.4. The smallest absolute Gasteiger partial charge is 0.329 e. The number of methoxy groups -OCH3 is 1. The van der Waals surface area contributed by atoms with Gasteiger partial charge in [-0.15, -0.1) is 0 Å². The summed E-state index contributed by atoms with van der Waals surface area (Å²) in [6.07, 6.45) is 5.44. The third kappa shape index (κ3) is 5.57. The molecular formula is C24H26FN5O4. The Morgan fingerprint density at radius 2 is 1.91 bits per heavy atom. The van der Waals surface area contributed by atoms with Gasteiger partial charge < -0.3 is 19.5 Å². The van der Waals surface area contributed by atoms with Crippen molar-refractivity contribution in [2.24, 2.45) is 0 Å². The van der Waals surface area contributed by atoms with Crippen LogP contribution < -0.4 is 14.5 Å². The normalized spacial score (nSPS) is 15.1. The van der Waals surface area contributed by atoms with Gasteiger partial charge in [-0.05, 0) is 36.4 Å². The summed E-state index contributed by atoms with van der Waals surface area (Å²) >= 11 is 0. The van der Waals surface area contributed by atoms with Crippen LogP contribution >= 0.6 is 0 Å². The summed E-state index contributed by atoms with van der Waals surface area (Å²) in [5.74, 6) is 1.50. The number of piperidine rings is 1. The number of anilines is 4. The molecule has 0 aliphatic carbocycles. The number of carboxylic acid groups (broad SMARTS) is 1. The van der Waals surface area contributed by atoms with Crippen LogP contribution in [0.3, 0.4) is 0 Å². The van der Waals surface area contributed by atoms with Crippen molar-refractivity contribution in [1.82, 2.24) is 15.0 Å². The standard InChI is InChI=1S/C24H26FN5O4/c1-33-19-7-5-18(6-8-19)30(20-4-2-3-11-27-20)22-15-26-14-21(28-22)29-12-9-24(25,10-13-29)17-34-16-23(31)32/h2-8,11,14-15H,9-10,12-13,16-17H2,1H3,(H,31,32). The van der Waals surface area contributed by atoms with Crippen LogP contribution in [0.25, 0.3) is 0 Å². The van der Waals surface area contributed by atoms with E-state index in [1.807, 2.05) is 52.3 Å². The summed E-state index contributed by atoms with van der Waals surface area (Å²) in [4.78, 5) is 28.2. The molecule has 0 radical (unpaired) electrons. The molecule has 4 rings (SSSR count). The van der Waals surface area contributed by atoms with E-state index in [1.54, 1.807) is 25.7 Å². The number of pyridine rings is 1. The second-order valence-electron chi connectivity index (χ2n) is 7.98. The number of nitrogens with zero attached hydrogens (tertiary/aromatic N) is 5. The molecule has 1 saturated heterocycles. The molecule has 1 fully saturated rings. The quantitative estimate of drug-likeness (QED) is 0.504. The van der Waals surface area contributed by atoms with Gasteiger partial charge in [0.05, 0.1) is 26.1 Å². The van der Waals surface area contributed by atoms with E-state index in [1.165, 1.54) is 0 Å². The highest BCUT2D eigenvalue weighted by atomic mass is 19.1. The van der Waals surface area contributed by atoms with Crippen molar-refractivity contribution in [3.63, 3.8) is 0 Å². The van der Waals surface area contributed by atoms with Gasteiger partial charge in [-0.3, -0.25) is 9.88 Å². The van der Waals surface area contributed by atoms with Gasteiger partial charge >= 0.3 is 5.97 Å². The third-order valence-corrected chi connectivity index (χ3v) is 5.62. The average molecular weight is 468 g/mol. The molecule has 1 aliphatic heterocycles. The Morgan fingerprint density at radius 3 is 2.56 bits per heavy atom. The van der Waals surface area contributed by atoms with Crippen LogP contribution in [-0.4, -0.2) is 65.1 Å². The van der Waals surface area contributed by atoms with Gasteiger partial charge in [0, 0.05) is 37.8 Å². The van der Waals surface area contributed by atoms with Crippen LogP contribution in [0.5, 0.6) is 5.75 Å². The maximum Gasteiger partial charge on any atom is 0.329 e. The van der Waals surface area contributed by atoms with Gasteiger partial charge in [0.2, 0.25) is 0 Å². The van der Waals surface area contributed by atoms with Gasteiger partial charge in [0.15, 0.2) is 5.82 Å². The Kier molecular flexibility index (Phi) is 7.17. The van der Waals surface area contributed by atoms with Crippen LogP contribution in [0.2, 0.25) is 0 Å². The highest BCUT2D eigenvalue weighted by Crippen LogP contribution is 2.34. The van der Waals surface area contributed by atoms with Crippen molar-refractivity contribution < 1.29 is 23.8 Å². The molecule has 9 nitrogen and oxygen atoms in total. The molecule has 0 saturated carbocycles. The Labute approximate surface area is 196 Å². The number of hydrogen-bond acceptors (Lipinski definition) is 8. The fraction of sp³-hybridized carbons (Fsp3) is 0.333. The third-order valence-electron chi connectivity index (χ3n) is 5.62. The molecule has 3 heterocycles. The maximum atomic E-state index is 15.0. The predicted octanol–water partition coefficient (Wildman–Crippen LogP) is 3.76. The highest BCUT2D eigenvalue weighted by molar-refractivity contribution is 5.72. The molecule has 10 heteroatoms. The molecular weight excluding hydrogens is 441 g/mol. The van der Waals surface area contributed by atoms with Crippen LogP contribution in [0.4, 0.5) is 27.5 Å². The number of carboxylic acids is 1. The molecule has 1 aliphatic rings. The number of aromatic nitrogens is 3. The molecule has 3 aromatic rings. The first-order valence-electron chi connectivity index (χ1n) is 10.9. The number of ether oxygens (including phenoxy) is 2. The SMILES string of the molecule is COc1ccc(N(c2ccccn2)c2cncc(N3CCC(F)(COCC(=O)O)CC3)n2)cc1. The van der Waals surface area contributed by atoms with Crippen LogP contribution in [0.15, 0.2) is 61.1 Å². The molecule has 0 atom stereocenters. The Hall–Kier alpha value is -3.79. The summed E-state index contributed by atoms with van der Waals surface area (Å²) in [6.45, 7) is 0.0930. The van der Waals surface area contributed by atoms with Crippen molar-refractivity contribution in [2.45, 2.75) is 18.5 Å². The zero-order valence-corrected chi connectivity index (χ0v) is 18.8. The van der Waals surface area contributed by atoms with E-state index in [4.69, 9.17) is 19.6 Å². The molecule has 2 aromatic heterocycles. The summed E-state index contributed by atoms with van der Waals surface area (Å²) in [5.41, 5.74) is -0.719. The van der Waals surface area contributed by atoms with Gasteiger partial charge in [-0.25, -0.2) is 19.2 Å². The molecule has 0 amide bonds. The fourth-order valence-corrected chi connectivity index (χ4v) is 3.81. The lowest BCUT2D eigenvalue weighted by Crippen LogP contribution is -2.45. The molecule has 178 valence electrons. The Bertz CT molecular complexity index is 1090. The Balaban J connectivity index is 1.54. The van der Waals surface area contributed by atoms with Crippen molar-refractivity contribution in [1.29, 1.82) is 0 Å². The number of carbonyl (C=O) groups is 1. The monoisotopic (exact) mass is 467 g/mol. The number of aliphatic carboxylic acids is 1. The van der Waals surface area contributed by atoms with E-state index < -0.39 is 18.2 Å². The topological polar surface area (TPSA) is 101 Å². The van der Waals surface area contributed by atoms with Crippen LogP contribution in [-0.2, 0) is 9.53 Å². The van der Waals surface area contributed by atoms with Crippen molar-refractivity contribution in [2.75, 3.05) is 43.2 Å². The van der Waals surface area contributed by atoms with Crippen molar-refractivity contribution in [3.05, 3.63) is 61.1 Å². The minimum absolute atomic E-state index is 0.209. The fourth-order valence-electron chi connectivity index (χ4n) is 3.81. The molecule has 1 N–H and O–H groups in total. The number of hydrogen-bond donors (Lipinski definition) is 1. The number of rotatable bonds is 9. The summed E-state index contributed by atoms with van der Waals surface area (Å²) in [7, 11) is 1.61. The van der Waals surface area contributed by atoms with Gasteiger partial charge in [0.25, 0.3) is 0 Å². The van der Waals surface area contributed by atoms with E-state index >= 15 is 4.39 Å². The first-order chi connectivity index (χ1) is 16.5. The lowest BCUT2D eigenvalue weighted by molar-refractivity contribution is -0.144. The minimum Gasteiger partial charge on any atom is -0.497 e. The first kappa shape index (κ1) is 23.4. The van der Waals surface area contributed by atoms with Crippen LogP contribution in [0, 0.1) is 0 Å². The molecule has 0 bridgehead atoms. The van der Waals surface area contributed by atoms with Gasteiger partial charge in [0.1, 0.15) is 29.7 Å². The van der Waals surface area contributed by atoms with E-state index in [-0.39, 0.29) is 19.4 Å². The second-order valence-corrected chi connectivity index (χ2v) is 7.98. The predicted molar refractivity (Wildman–Crippen MR) is 125 cm³/mol. The number of alkyl halides is 1. The number of benzene rings is 1. The minimum atomic E-state index is -1.56. The summed E-state index contributed by atoms with van der Waals surface area (Å²) in [5, 5.41) is 8.69. The van der Waals surface area contributed by atoms with E-state index in [0.29, 0.717) is 30.5 Å². The largest absolute Gasteiger partial charge is 0.497 e. The molecule has 1 aromatic carbocycles. The maximum absolute atomic E-state index is 15.0. The highest BCUT2D eigenvalue weighted by Gasteiger charge is 2.35. The van der Waals surface area contributed by atoms with Gasteiger partial charge in [-0.1, -0.05) is 6.07 Å². The molecule has 34 heavy (non-hydrogen) atoms. The Morgan fingerprint density at radius 1 is 1.15 bits per heavy atom. The first-order valence-corrected chi connectivity index (χ1v) is 10.9. The van der Waals surface area contributed by atoms with E-state index in [0.717, 1.165) is 11.4 Å². The zero-order valence-electron chi connectivity index (χ0n) is 18.8. The number of halogens is 1. The van der Waals surface area contributed by atoms with Gasteiger partial charge in [-0.2, -0.15) is 0 Å². The van der Waals surface area contributed by atoms with E-state index in [2.05, 4.69) is 9.97 Å². The zero-order chi connectivity index (χ0) is 24.0. The van der Waals surface area contributed by atoms with Crippen LogP contribution in [0.1, 0.15) is 12.8 Å². The lowest BCUT2D eigenvalue weighted by atomic mass is 9.94.